The summed E-state index contributed by atoms with van der Waals surface area (Å²) in [6, 6.07) is 4.28. The van der Waals surface area contributed by atoms with Crippen LogP contribution in [0, 0.1) is 13.8 Å². The lowest BCUT2D eigenvalue weighted by Gasteiger charge is -2.15. The summed E-state index contributed by atoms with van der Waals surface area (Å²) in [7, 11) is 1.92. The van der Waals surface area contributed by atoms with Gasteiger partial charge in [-0.1, -0.05) is 13.8 Å². The summed E-state index contributed by atoms with van der Waals surface area (Å²) in [5, 5.41) is 7.77. The number of pyridine rings is 1. The van der Waals surface area contributed by atoms with E-state index >= 15 is 0 Å². The normalized spacial score (nSPS) is 12.4. The van der Waals surface area contributed by atoms with Crippen LogP contribution in [0.1, 0.15) is 43.4 Å². The Morgan fingerprint density at radius 1 is 1.29 bits per heavy atom. The fraction of sp³-hybridized carbons (Fsp3) is 0.500. The highest BCUT2D eigenvalue weighted by Gasteiger charge is 2.13. The summed E-state index contributed by atoms with van der Waals surface area (Å²) in [6.07, 6.45) is 2.79. The first-order valence-corrected chi connectivity index (χ1v) is 7.44. The van der Waals surface area contributed by atoms with Gasteiger partial charge in [0, 0.05) is 13.1 Å². The second-order valence-electron chi connectivity index (χ2n) is 5.16. The van der Waals surface area contributed by atoms with Crippen LogP contribution in [0.5, 0.6) is 11.5 Å². The summed E-state index contributed by atoms with van der Waals surface area (Å²) in [5.74, 6) is 1.55. The molecule has 0 radical (unpaired) electrons. The maximum atomic E-state index is 5.92. The molecule has 21 heavy (non-hydrogen) atoms. The third-order valence-electron chi connectivity index (χ3n) is 3.64. The van der Waals surface area contributed by atoms with Gasteiger partial charge in [-0.2, -0.15) is 5.10 Å². The van der Waals surface area contributed by atoms with Gasteiger partial charge >= 0.3 is 0 Å². The van der Waals surface area contributed by atoms with Crippen LogP contribution in [0.25, 0.3) is 0 Å². The van der Waals surface area contributed by atoms with Crippen molar-refractivity contribution in [3.8, 4) is 11.5 Å². The van der Waals surface area contributed by atoms with Crippen molar-refractivity contribution in [3.63, 3.8) is 0 Å². The molecule has 1 N–H and O–H groups in total. The number of ether oxygens (including phenoxy) is 1. The van der Waals surface area contributed by atoms with Crippen LogP contribution in [0.2, 0.25) is 0 Å². The summed E-state index contributed by atoms with van der Waals surface area (Å²) >= 11 is 0. The molecule has 0 saturated carbocycles. The molecular formula is C16H24N4O. The molecule has 2 aromatic heterocycles. The molecular weight excluding hydrogens is 264 g/mol. The van der Waals surface area contributed by atoms with E-state index in [-0.39, 0.29) is 0 Å². The smallest absolute Gasteiger partial charge is 0.171 e. The highest BCUT2D eigenvalue weighted by atomic mass is 16.5. The molecule has 0 saturated heterocycles. The fourth-order valence-corrected chi connectivity index (χ4v) is 2.38. The fourth-order valence-electron chi connectivity index (χ4n) is 2.38. The Kier molecular flexibility index (Phi) is 4.96. The van der Waals surface area contributed by atoms with Gasteiger partial charge in [0.2, 0.25) is 0 Å². The molecule has 2 rings (SSSR count). The van der Waals surface area contributed by atoms with Crippen LogP contribution in [0.15, 0.2) is 18.3 Å². The highest BCUT2D eigenvalue weighted by molar-refractivity contribution is 5.36. The van der Waals surface area contributed by atoms with Crippen LogP contribution in [-0.4, -0.2) is 21.3 Å². The summed E-state index contributed by atoms with van der Waals surface area (Å²) < 4.78 is 7.75. The molecule has 0 aliphatic carbocycles. The van der Waals surface area contributed by atoms with E-state index in [2.05, 4.69) is 29.2 Å². The van der Waals surface area contributed by atoms with E-state index in [0.717, 1.165) is 41.5 Å². The SMILES string of the molecule is CCNC(CC)c1ccc(Oc2c(C)nn(C)c2C)cn1. The van der Waals surface area contributed by atoms with Gasteiger partial charge in [0.05, 0.1) is 17.6 Å². The molecule has 5 heteroatoms. The van der Waals surface area contributed by atoms with E-state index in [1.165, 1.54) is 0 Å². The number of hydrogen-bond acceptors (Lipinski definition) is 4. The Morgan fingerprint density at radius 3 is 2.52 bits per heavy atom. The summed E-state index contributed by atoms with van der Waals surface area (Å²) in [4.78, 5) is 4.52. The second-order valence-corrected chi connectivity index (χ2v) is 5.16. The van der Waals surface area contributed by atoms with Gasteiger partial charge in [0.25, 0.3) is 0 Å². The maximum absolute atomic E-state index is 5.92. The molecule has 1 unspecified atom stereocenters. The Morgan fingerprint density at radius 2 is 2.05 bits per heavy atom. The minimum absolute atomic E-state index is 0.297. The second kappa shape index (κ2) is 6.72. The molecule has 0 spiro atoms. The number of nitrogens with zero attached hydrogens (tertiary/aromatic N) is 3. The van der Waals surface area contributed by atoms with Gasteiger partial charge in [-0.05, 0) is 38.9 Å². The average molecular weight is 288 g/mol. The van der Waals surface area contributed by atoms with Crippen molar-refractivity contribution in [1.82, 2.24) is 20.1 Å². The number of aromatic nitrogens is 3. The quantitative estimate of drug-likeness (QED) is 0.886. The van der Waals surface area contributed by atoms with Crippen LogP contribution in [0.4, 0.5) is 0 Å². The van der Waals surface area contributed by atoms with E-state index in [4.69, 9.17) is 4.74 Å². The minimum atomic E-state index is 0.297. The molecule has 0 aliphatic heterocycles. The molecule has 5 nitrogen and oxygen atoms in total. The Hall–Kier alpha value is -1.88. The monoisotopic (exact) mass is 288 g/mol. The standard InChI is InChI=1S/C16H24N4O/c1-6-14(17-7-2)15-9-8-13(10-18-15)21-16-11(3)19-20(5)12(16)4/h8-10,14,17H,6-7H2,1-5H3. The Balaban J connectivity index is 2.15. The van der Waals surface area contributed by atoms with E-state index in [0.29, 0.717) is 6.04 Å². The molecule has 114 valence electrons. The van der Waals surface area contributed by atoms with E-state index in [9.17, 15) is 0 Å². The number of rotatable bonds is 6. The van der Waals surface area contributed by atoms with E-state index in [1.54, 1.807) is 6.20 Å². The Labute approximate surface area is 126 Å². The van der Waals surface area contributed by atoms with E-state index < -0.39 is 0 Å². The van der Waals surface area contributed by atoms with Crippen molar-refractivity contribution < 1.29 is 4.74 Å². The molecule has 1 atom stereocenters. The summed E-state index contributed by atoms with van der Waals surface area (Å²) in [6.45, 7) is 9.14. The molecule has 0 bridgehead atoms. The van der Waals surface area contributed by atoms with Crippen LogP contribution >= 0.6 is 0 Å². The van der Waals surface area contributed by atoms with Crippen molar-refractivity contribution in [1.29, 1.82) is 0 Å². The van der Waals surface area contributed by atoms with Crippen LogP contribution in [-0.2, 0) is 7.05 Å². The lowest BCUT2D eigenvalue weighted by Crippen LogP contribution is -2.20. The van der Waals surface area contributed by atoms with Gasteiger partial charge in [-0.3, -0.25) is 9.67 Å². The third-order valence-corrected chi connectivity index (χ3v) is 3.64. The van der Waals surface area contributed by atoms with Gasteiger partial charge in [0.1, 0.15) is 11.4 Å². The molecule has 0 amide bonds. The predicted octanol–water partition coefficient (Wildman–Crippen LogP) is 3.28. The van der Waals surface area contributed by atoms with Crippen LogP contribution in [0.3, 0.4) is 0 Å². The molecule has 0 aromatic carbocycles. The van der Waals surface area contributed by atoms with Crippen molar-refractivity contribution in [2.75, 3.05) is 6.54 Å². The molecule has 2 aromatic rings. The zero-order valence-electron chi connectivity index (χ0n) is 13.5. The first-order valence-electron chi connectivity index (χ1n) is 7.44. The predicted molar refractivity (Wildman–Crippen MR) is 83.7 cm³/mol. The maximum Gasteiger partial charge on any atom is 0.171 e. The zero-order valence-corrected chi connectivity index (χ0v) is 13.5. The topological polar surface area (TPSA) is 52.0 Å². The number of aryl methyl sites for hydroxylation is 2. The van der Waals surface area contributed by atoms with Crippen molar-refractivity contribution in [3.05, 3.63) is 35.4 Å². The number of nitrogens with one attached hydrogen (secondary N) is 1. The third kappa shape index (κ3) is 3.42. The van der Waals surface area contributed by atoms with E-state index in [1.807, 2.05) is 37.7 Å². The lowest BCUT2D eigenvalue weighted by atomic mass is 10.1. The van der Waals surface area contributed by atoms with Gasteiger partial charge in [0.15, 0.2) is 5.75 Å². The molecule has 2 heterocycles. The number of hydrogen-bond donors (Lipinski definition) is 1. The largest absolute Gasteiger partial charge is 0.452 e. The molecule has 0 aliphatic rings. The van der Waals surface area contributed by atoms with Gasteiger partial charge < -0.3 is 10.1 Å². The Bertz CT molecular complexity index is 589. The molecule has 0 fully saturated rings. The van der Waals surface area contributed by atoms with Crippen molar-refractivity contribution in [2.24, 2.45) is 7.05 Å². The lowest BCUT2D eigenvalue weighted by molar-refractivity contribution is 0.468. The van der Waals surface area contributed by atoms with Gasteiger partial charge in [-0.25, -0.2) is 0 Å². The minimum Gasteiger partial charge on any atom is -0.452 e. The zero-order chi connectivity index (χ0) is 15.4. The first kappa shape index (κ1) is 15.5. The average Bonchev–Trinajstić information content (AvgIpc) is 2.72. The van der Waals surface area contributed by atoms with Crippen LogP contribution < -0.4 is 10.1 Å². The van der Waals surface area contributed by atoms with Crippen molar-refractivity contribution in [2.45, 2.75) is 40.2 Å². The van der Waals surface area contributed by atoms with Crippen molar-refractivity contribution >= 4 is 0 Å². The van der Waals surface area contributed by atoms with Gasteiger partial charge in [-0.15, -0.1) is 0 Å². The first-order chi connectivity index (χ1) is 10.1. The summed E-state index contributed by atoms with van der Waals surface area (Å²) in [5.41, 5.74) is 2.94. The highest BCUT2D eigenvalue weighted by Crippen LogP contribution is 2.28.